The van der Waals surface area contributed by atoms with Crippen LogP contribution in [0.15, 0.2) is 23.1 Å². The van der Waals surface area contributed by atoms with E-state index in [1.54, 1.807) is 25.1 Å². The average molecular weight is 241 g/mol. The van der Waals surface area contributed by atoms with Crippen LogP contribution in [0.25, 0.3) is 0 Å². The summed E-state index contributed by atoms with van der Waals surface area (Å²) in [6, 6.07) is 5.02. The molecule has 0 aliphatic carbocycles. The summed E-state index contributed by atoms with van der Waals surface area (Å²) in [6.07, 6.45) is 1.82. The van der Waals surface area contributed by atoms with Gasteiger partial charge in [-0.15, -0.1) is 0 Å². The van der Waals surface area contributed by atoms with Crippen molar-refractivity contribution in [2.75, 3.05) is 13.2 Å². The van der Waals surface area contributed by atoms with Crippen LogP contribution in [0, 0.1) is 0 Å². The second-order valence-electron chi connectivity index (χ2n) is 3.72. The molecule has 1 aliphatic heterocycles. The van der Waals surface area contributed by atoms with Crippen LogP contribution in [0.5, 0.6) is 5.75 Å². The topological polar surface area (TPSA) is 55.4 Å². The van der Waals surface area contributed by atoms with Gasteiger partial charge in [0.15, 0.2) is 0 Å². The third-order valence-corrected chi connectivity index (χ3v) is 4.07. The van der Waals surface area contributed by atoms with Crippen LogP contribution >= 0.6 is 0 Å². The number of rotatable bonds is 3. The molecule has 0 unspecified atom stereocenters. The van der Waals surface area contributed by atoms with Gasteiger partial charge in [0.25, 0.3) is 0 Å². The monoisotopic (exact) mass is 241 g/mol. The van der Waals surface area contributed by atoms with Crippen molar-refractivity contribution >= 4 is 10.0 Å². The van der Waals surface area contributed by atoms with Gasteiger partial charge < -0.3 is 4.74 Å². The molecule has 16 heavy (non-hydrogen) atoms. The molecule has 1 aromatic carbocycles. The molecule has 1 heterocycles. The van der Waals surface area contributed by atoms with E-state index in [4.69, 9.17) is 4.74 Å². The maximum Gasteiger partial charge on any atom is 0.240 e. The van der Waals surface area contributed by atoms with E-state index in [1.165, 1.54) is 0 Å². The van der Waals surface area contributed by atoms with E-state index >= 15 is 0 Å². The predicted octanol–water partition coefficient (Wildman–Crippen LogP) is 1.31. The third-order valence-electron chi connectivity index (χ3n) is 2.52. The number of hydrogen-bond acceptors (Lipinski definition) is 3. The molecular formula is C11H15NO3S. The minimum atomic E-state index is -3.35. The largest absolute Gasteiger partial charge is 0.493 e. The first-order valence-electron chi connectivity index (χ1n) is 5.39. The van der Waals surface area contributed by atoms with E-state index < -0.39 is 10.0 Å². The summed E-state index contributed by atoms with van der Waals surface area (Å²) in [5.41, 5.74) is 0.977. The first-order valence-corrected chi connectivity index (χ1v) is 6.87. The van der Waals surface area contributed by atoms with E-state index in [9.17, 15) is 8.42 Å². The van der Waals surface area contributed by atoms with Crippen LogP contribution in [-0.2, 0) is 16.4 Å². The summed E-state index contributed by atoms with van der Waals surface area (Å²) in [5, 5.41) is 0. The molecule has 0 radical (unpaired) electrons. The smallest absolute Gasteiger partial charge is 0.240 e. The van der Waals surface area contributed by atoms with Gasteiger partial charge in [-0.05, 0) is 36.6 Å². The molecule has 4 nitrogen and oxygen atoms in total. The lowest BCUT2D eigenvalue weighted by Gasteiger charge is -2.17. The third kappa shape index (κ3) is 2.20. The fourth-order valence-electron chi connectivity index (χ4n) is 1.78. The normalized spacial score (nSPS) is 15.3. The lowest BCUT2D eigenvalue weighted by Crippen LogP contribution is -2.23. The molecular weight excluding hydrogens is 226 g/mol. The fraction of sp³-hybridized carbons (Fsp3) is 0.455. The Kier molecular flexibility index (Phi) is 3.16. The molecule has 0 spiro atoms. The molecule has 5 heteroatoms. The van der Waals surface area contributed by atoms with Crippen LogP contribution in [0.4, 0.5) is 0 Å². The first-order chi connectivity index (χ1) is 7.63. The molecule has 0 bridgehead atoms. The van der Waals surface area contributed by atoms with Gasteiger partial charge in [0.05, 0.1) is 11.5 Å². The Morgan fingerprint density at radius 2 is 2.25 bits per heavy atom. The summed E-state index contributed by atoms with van der Waals surface area (Å²) in [6.45, 7) is 2.88. The Hall–Kier alpha value is -1.07. The van der Waals surface area contributed by atoms with Crippen LogP contribution in [-0.4, -0.2) is 21.6 Å². The summed E-state index contributed by atoms with van der Waals surface area (Å²) in [7, 11) is -3.35. The molecule has 1 N–H and O–H groups in total. The van der Waals surface area contributed by atoms with Gasteiger partial charge in [-0.2, -0.15) is 0 Å². The van der Waals surface area contributed by atoms with E-state index in [1.807, 2.05) is 0 Å². The molecule has 0 aromatic heterocycles. The highest BCUT2D eigenvalue weighted by molar-refractivity contribution is 7.89. The molecule has 0 amide bonds. The summed E-state index contributed by atoms with van der Waals surface area (Å²) in [4.78, 5) is 0.318. The Balaban J connectivity index is 2.37. The molecule has 0 fully saturated rings. The quantitative estimate of drug-likeness (QED) is 0.868. The molecule has 0 saturated heterocycles. The molecule has 0 atom stereocenters. The highest BCUT2D eigenvalue weighted by Gasteiger charge is 2.17. The van der Waals surface area contributed by atoms with Gasteiger partial charge in [0.2, 0.25) is 10.0 Å². The van der Waals surface area contributed by atoms with Crippen LogP contribution in [0.1, 0.15) is 18.9 Å². The predicted molar refractivity (Wildman–Crippen MR) is 61.1 cm³/mol. The summed E-state index contributed by atoms with van der Waals surface area (Å²) >= 11 is 0. The SMILES string of the molecule is CCNS(=O)(=O)c1ccc2c(c1)CCCO2. The van der Waals surface area contributed by atoms with E-state index in [2.05, 4.69) is 4.72 Å². The zero-order chi connectivity index (χ0) is 11.6. The Bertz CT molecular complexity index is 482. The number of hydrogen-bond donors (Lipinski definition) is 1. The molecule has 0 saturated carbocycles. The first kappa shape index (κ1) is 11.4. The van der Waals surface area contributed by atoms with Crippen LogP contribution < -0.4 is 9.46 Å². The highest BCUT2D eigenvalue weighted by atomic mass is 32.2. The second kappa shape index (κ2) is 4.43. The Labute approximate surface area is 95.7 Å². The van der Waals surface area contributed by atoms with Gasteiger partial charge in [0, 0.05) is 6.54 Å². The molecule has 88 valence electrons. The number of benzene rings is 1. The van der Waals surface area contributed by atoms with Gasteiger partial charge >= 0.3 is 0 Å². The van der Waals surface area contributed by atoms with Crippen molar-refractivity contribution in [3.05, 3.63) is 23.8 Å². The molecule has 2 rings (SSSR count). The maximum absolute atomic E-state index is 11.8. The average Bonchev–Trinajstić information content (AvgIpc) is 2.28. The molecule has 1 aromatic rings. The Morgan fingerprint density at radius 3 is 3.00 bits per heavy atom. The van der Waals surface area contributed by atoms with Crippen molar-refractivity contribution < 1.29 is 13.2 Å². The van der Waals surface area contributed by atoms with Crippen molar-refractivity contribution in [1.29, 1.82) is 0 Å². The summed E-state index contributed by atoms with van der Waals surface area (Å²) in [5.74, 6) is 0.807. The van der Waals surface area contributed by atoms with Gasteiger partial charge in [0.1, 0.15) is 5.75 Å². The lowest BCUT2D eigenvalue weighted by molar-refractivity contribution is 0.288. The Morgan fingerprint density at radius 1 is 1.44 bits per heavy atom. The van der Waals surface area contributed by atoms with E-state index in [0.717, 1.165) is 24.2 Å². The van der Waals surface area contributed by atoms with Crippen molar-refractivity contribution in [1.82, 2.24) is 4.72 Å². The number of nitrogens with one attached hydrogen (secondary N) is 1. The van der Waals surface area contributed by atoms with E-state index in [-0.39, 0.29) is 0 Å². The van der Waals surface area contributed by atoms with Crippen molar-refractivity contribution in [3.63, 3.8) is 0 Å². The zero-order valence-corrected chi connectivity index (χ0v) is 10.0. The highest BCUT2D eigenvalue weighted by Crippen LogP contribution is 2.27. The number of aryl methyl sites for hydroxylation is 1. The lowest BCUT2D eigenvalue weighted by atomic mass is 10.1. The standard InChI is InChI=1S/C11H15NO3S/c1-2-12-16(13,14)10-5-6-11-9(8-10)4-3-7-15-11/h5-6,8,12H,2-4,7H2,1H3. The van der Waals surface area contributed by atoms with Gasteiger partial charge in [-0.1, -0.05) is 6.92 Å². The summed E-state index contributed by atoms with van der Waals surface area (Å²) < 4.78 is 31.4. The number of ether oxygens (including phenoxy) is 1. The number of sulfonamides is 1. The van der Waals surface area contributed by atoms with Gasteiger partial charge in [-0.25, -0.2) is 13.1 Å². The van der Waals surface area contributed by atoms with Gasteiger partial charge in [-0.3, -0.25) is 0 Å². The maximum atomic E-state index is 11.8. The minimum Gasteiger partial charge on any atom is -0.493 e. The van der Waals surface area contributed by atoms with Crippen molar-refractivity contribution in [2.45, 2.75) is 24.7 Å². The fourth-order valence-corrected chi connectivity index (χ4v) is 2.87. The van der Waals surface area contributed by atoms with Crippen molar-refractivity contribution in [2.24, 2.45) is 0 Å². The van der Waals surface area contributed by atoms with Crippen LogP contribution in [0.3, 0.4) is 0 Å². The number of fused-ring (bicyclic) bond motifs is 1. The second-order valence-corrected chi connectivity index (χ2v) is 5.49. The van der Waals surface area contributed by atoms with Crippen LogP contribution in [0.2, 0.25) is 0 Å². The minimum absolute atomic E-state index is 0.318. The van der Waals surface area contributed by atoms with Crippen molar-refractivity contribution in [3.8, 4) is 5.75 Å². The molecule has 1 aliphatic rings. The van der Waals surface area contributed by atoms with E-state index in [0.29, 0.717) is 18.0 Å². The zero-order valence-electron chi connectivity index (χ0n) is 9.19.